The molecule has 2 aromatic rings. The molecule has 2 heterocycles. The highest BCUT2D eigenvalue weighted by molar-refractivity contribution is 7.14. The van der Waals surface area contributed by atoms with Crippen LogP contribution >= 0.6 is 11.3 Å². The maximum atomic E-state index is 4.23. The fourth-order valence-corrected chi connectivity index (χ4v) is 2.43. The molecular weight excluding hydrogens is 232 g/mol. The van der Waals surface area contributed by atoms with Gasteiger partial charge in [-0.3, -0.25) is 4.98 Å². The second-order valence-electron chi connectivity index (χ2n) is 4.34. The first-order valence-electron chi connectivity index (χ1n) is 5.80. The number of rotatable bonds is 4. The molecule has 3 rings (SSSR count). The Balaban J connectivity index is 1.74. The molecule has 1 saturated carbocycles. The topological polar surface area (TPSA) is 50.7 Å². The van der Waals surface area contributed by atoms with E-state index in [0.29, 0.717) is 6.04 Å². The van der Waals surface area contributed by atoms with E-state index in [2.05, 4.69) is 20.5 Å². The number of hydrogen-bond donors (Lipinski definition) is 1. The van der Waals surface area contributed by atoms with Gasteiger partial charge < -0.3 is 5.32 Å². The Kier molecular flexibility index (Phi) is 2.86. The minimum absolute atomic E-state index is 0.713. The van der Waals surface area contributed by atoms with Crippen molar-refractivity contribution in [2.75, 3.05) is 0 Å². The predicted octanol–water partition coefficient (Wildman–Crippen LogP) is 2.16. The molecule has 0 unspecified atom stereocenters. The molecule has 1 N–H and O–H groups in total. The van der Waals surface area contributed by atoms with Crippen LogP contribution in [-0.4, -0.2) is 21.2 Å². The van der Waals surface area contributed by atoms with Crippen LogP contribution in [0, 0.1) is 6.92 Å². The molecule has 0 radical (unpaired) electrons. The van der Waals surface area contributed by atoms with Gasteiger partial charge in [-0.15, -0.1) is 10.2 Å². The van der Waals surface area contributed by atoms with Crippen LogP contribution in [0.5, 0.6) is 0 Å². The Morgan fingerprint density at radius 1 is 1.41 bits per heavy atom. The van der Waals surface area contributed by atoms with Gasteiger partial charge in [0.1, 0.15) is 10.0 Å². The van der Waals surface area contributed by atoms with Crippen molar-refractivity contribution in [2.45, 2.75) is 32.4 Å². The zero-order valence-electron chi connectivity index (χ0n) is 9.68. The SMILES string of the molecule is Cc1cc(-c2nnc(CNC3CC3)s2)ccn1. The number of aromatic nitrogens is 3. The first kappa shape index (κ1) is 10.8. The second kappa shape index (κ2) is 4.50. The van der Waals surface area contributed by atoms with Gasteiger partial charge in [0.25, 0.3) is 0 Å². The molecular formula is C12H14N4S. The Labute approximate surface area is 104 Å². The monoisotopic (exact) mass is 246 g/mol. The van der Waals surface area contributed by atoms with Crippen molar-refractivity contribution in [3.63, 3.8) is 0 Å². The average molecular weight is 246 g/mol. The lowest BCUT2D eigenvalue weighted by molar-refractivity contribution is 0.679. The zero-order valence-corrected chi connectivity index (χ0v) is 10.5. The average Bonchev–Trinajstić information content (AvgIpc) is 3.04. The van der Waals surface area contributed by atoms with Crippen molar-refractivity contribution in [1.29, 1.82) is 0 Å². The number of aryl methyl sites for hydroxylation is 1. The van der Waals surface area contributed by atoms with Crippen molar-refractivity contribution >= 4 is 11.3 Å². The summed E-state index contributed by atoms with van der Waals surface area (Å²) in [5.41, 5.74) is 2.11. The van der Waals surface area contributed by atoms with Crippen LogP contribution in [0.1, 0.15) is 23.5 Å². The van der Waals surface area contributed by atoms with Gasteiger partial charge in [0.15, 0.2) is 0 Å². The number of hydrogen-bond acceptors (Lipinski definition) is 5. The van der Waals surface area contributed by atoms with E-state index in [1.54, 1.807) is 11.3 Å². The van der Waals surface area contributed by atoms with E-state index in [0.717, 1.165) is 27.8 Å². The summed E-state index contributed by atoms with van der Waals surface area (Å²) >= 11 is 1.65. The van der Waals surface area contributed by atoms with Crippen molar-refractivity contribution < 1.29 is 0 Å². The Morgan fingerprint density at radius 2 is 2.29 bits per heavy atom. The summed E-state index contributed by atoms with van der Waals surface area (Å²) in [6.45, 7) is 2.83. The van der Waals surface area contributed by atoms with E-state index in [4.69, 9.17) is 0 Å². The molecule has 0 bridgehead atoms. The molecule has 1 fully saturated rings. The number of nitrogens with zero attached hydrogens (tertiary/aromatic N) is 3. The maximum Gasteiger partial charge on any atom is 0.147 e. The second-order valence-corrected chi connectivity index (χ2v) is 5.40. The van der Waals surface area contributed by atoms with Crippen LogP contribution in [-0.2, 0) is 6.54 Å². The van der Waals surface area contributed by atoms with E-state index in [1.807, 2.05) is 25.3 Å². The van der Waals surface area contributed by atoms with Gasteiger partial charge in [-0.1, -0.05) is 11.3 Å². The van der Waals surface area contributed by atoms with E-state index in [1.165, 1.54) is 12.8 Å². The van der Waals surface area contributed by atoms with Gasteiger partial charge in [0.05, 0.1) is 0 Å². The summed E-state index contributed by atoms with van der Waals surface area (Å²) in [7, 11) is 0. The molecule has 0 aromatic carbocycles. The van der Waals surface area contributed by atoms with Crippen molar-refractivity contribution in [3.05, 3.63) is 29.0 Å². The smallest absolute Gasteiger partial charge is 0.147 e. The minimum Gasteiger partial charge on any atom is -0.308 e. The molecule has 0 amide bonds. The van der Waals surface area contributed by atoms with Crippen molar-refractivity contribution in [2.24, 2.45) is 0 Å². The lowest BCUT2D eigenvalue weighted by Gasteiger charge is -1.96. The molecule has 1 aliphatic rings. The highest BCUT2D eigenvalue weighted by Crippen LogP contribution is 2.24. The summed E-state index contributed by atoms with van der Waals surface area (Å²) in [6.07, 6.45) is 4.42. The normalized spacial score (nSPS) is 15.1. The molecule has 17 heavy (non-hydrogen) atoms. The van der Waals surface area contributed by atoms with Gasteiger partial charge in [-0.25, -0.2) is 0 Å². The highest BCUT2D eigenvalue weighted by Gasteiger charge is 2.20. The Hall–Kier alpha value is -1.33. The third-order valence-electron chi connectivity index (χ3n) is 2.73. The third kappa shape index (κ3) is 2.68. The lowest BCUT2D eigenvalue weighted by atomic mass is 10.2. The lowest BCUT2D eigenvalue weighted by Crippen LogP contribution is -2.14. The van der Waals surface area contributed by atoms with Gasteiger partial charge in [-0.2, -0.15) is 0 Å². The predicted molar refractivity (Wildman–Crippen MR) is 67.7 cm³/mol. The molecule has 0 atom stereocenters. The molecule has 0 spiro atoms. The quantitative estimate of drug-likeness (QED) is 0.898. The summed E-state index contributed by atoms with van der Waals surface area (Å²) < 4.78 is 0. The molecule has 4 nitrogen and oxygen atoms in total. The van der Waals surface area contributed by atoms with Crippen LogP contribution in [0.15, 0.2) is 18.3 Å². The van der Waals surface area contributed by atoms with Crippen LogP contribution in [0.25, 0.3) is 10.6 Å². The first-order chi connectivity index (χ1) is 8.31. The number of pyridine rings is 1. The molecule has 0 saturated heterocycles. The van der Waals surface area contributed by atoms with Gasteiger partial charge in [-0.05, 0) is 31.9 Å². The van der Waals surface area contributed by atoms with Crippen molar-refractivity contribution in [1.82, 2.24) is 20.5 Å². The summed E-state index contributed by atoms with van der Waals surface area (Å²) in [5.74, 6) is 0. The molecule has 1 aliphatic carbocycles. The van der Waals surface area contributed by atoms with Crippen LogP contribution in [0.2, 0.25) is 0 Å². The standard InChI is InChI=1S/C12H14N4S/c1-8-6-9(4-5-13-8)12-16-15-11(17-12)7-14-10-2-3-10/h4-6,10,14H,2-3,7H2,1H3. The van der Waals surface area contributed by atoms with Crippen LogP contribution < -0.4 is 5.32 Å². The zero-order chi connectivity index (χ0) is 11.7. The molecule has 2 aromatic heterocycles. The van der Waals surface area contributed by atoms with Gasteiger partial charge >= 0.3 is 0 Å². The molecule has 88 valence electrons. The third-order valence-corrected chi connectivity index (χ3v) is 3.70. The van der Waals surface area contributed by atoms with Gasteiger partial charge in [0, 0.05) is 30.0 Å². The number of nitrogens with one attached hydrogen (secondary N) is 1. The molecule has 5 heteroatoms. The first-order valence-corrected chi connectivity index (χ1v) is 6.62. The Bertz CT molecular complexity index is 519. The van der Waals surface area contributed by atoms with E-state index < -0.39 is 0 Å². The largest absolute Gasteiger partial charge is 0.308 e. The van der Waals surface area contributed by atoms with Crippen LogP contribution in [0.4, 0.5) is 0 Å². The fourth-order valence-electron chi connectivity index (χ4n) is 1.64. The minimum atomic E-state index is 0.713. The van der Waals surface area contributed by atoms with Crippen LogP contribution in [0.3, 0.4) is 0 Å². The van der Waals surface area contributed by atoms with E-state index in [9.17, 15) is 0 Å². The van der Waals surface area contributed by atoms with Gasteiger partial charge in [0.2, 0.25) is 0 Å². The summed E-state index contributed by atoms with van der Waals surface area (Å²) in [5, 5.41) is 13.9. The van der Waals surface area contributed by atoms with E-state index >= 15 is 0 Å². The highest BCUT2D eigenvalue weighted by atomic mass is 32.1. The summed E-state index contributed by atoms with van der Waals surface area (Å²) in [4.78, 5) is 4.18. The maximum absolute atomic E-state index is 4.23. The molecule has 0 aliphatic heterocycles. The fraction of sp³-hybridized carbons (Fsp3) is 0.417. The van der Waals surface area contributed by atoms with Crippen molar-refractivity contribution in [3.8, 4) is 10.6 Å². The summed E-state index contributed by atoms with van der Waals surface area (Å²) in [6, 6.07) is 4.73. The van der Waals surface area contributed by atoms with E-state index in [-0.39, 0.29) is 0 Å². The Morgan fingerprint density at radius 3 is 3.06 bits per heavy atom.